The quantitative estimate of drug-likeness (QED) is 0.620. The van der Waals surface area contributed by atoms with E-state index in [-0.39, 0.29) is 5.91 Å². The second-order valence-electron chi connectivity index (χ2n) is 6.48. The summed E-state index contributed by atoms with van der Waals surface area (Å²) in [4.78, 5) is 20.2. The molecule has 2 aromatic heterocycles. The van der Waals surface area contributed by atoms with Crippen LogP contribution in [0.2, 0.25) is 0 Å². The van der Waals surface area contributed by atoms with Crippen LogP contribution < -0.4 is 10.2 Å². The van der Waals surface area contributed by atoms with Gasteiger partial charge in [0.05, 0.1) is 18.9 Å². The van der Waals surface area contributed by atoms with Gasteiger partial charge in [0, 0.05) is 40.7 Å². The summed E-state index contributed by atoms with van der Waals surface area (Å²) in [7, 11) is 0. The number of thiazole rings is 1. The van der Waals surface area contributed by atoms with Crippen LogP contribution in [0, 0.1) is 6.92 Å². The topological polar surface area (TPSA) is 54.5 Å². The molecule has 0 spiro atoms. The predicted octanol–water partition coefficient (Wildman–Crippen LogP) is 4.67. The highest BCUT2D eigenvalue weighted by Crippen LogP contribution is 2.28. The standard InChI is InChI=1S/C21H21N3O2S2/c1-15-8-13-27-19(15)6-7-20(25)22-17-4-2-16(3-5-17)18-14-28-21(23-18)24-9-11-26-12-10-24/h2-8,13-14H,9-12H2,1H3,(H,22,25)/b7-6+. The Labute approximate surface area is 172 Å². The molecule has 0 aliphatic carbocycles. The number of nitrogens with zero attached hydrogens (tertiary/aromatic N) is 2. The number of aromatic nitrogens is 1. The summed E-state index contributed by atoms with van der Waals surface area (Å²) in [6.07, 6.45) is 3.42. The smallest absolute Gasteiger partial charge is 0.248 e. The monoisotopic (exact) mass is 411 g/mol. The number of benzene rings is 1. The summed E-state index contributed by atoms with van der Waals surface area (Å²) < 4.78 is 5.40. The van der Waals surface area contributed by atoms with Crippen molar-refractivity contribution >= 4 is 45.5 Å². The molecule has 1 aliphatic rings. The summed E-state index contributed by atoms with van der Waals surface area (Å²) in [6.45, 7) is 5.32. The number of carbonyl (C=O) groups excluding carboxylic acids is 1. The average molecular weight is 412 g/mol. The molecule has 0 saturated carbocycles. The molecule has 3 aromatic rings. The van der Waals surface area contributed by atoms with E-state index in [2.05, 4.69) is 15.6 Å². The van der Waals surface area contributed by atoms with Crippen molar-refractivity contribution < 1.29 is 9.53 Å². The number of anilines is 2. The predicted molar refractivity (Wildman–Crippen MR) is 117 cm³/mol. The van der Waals surface area contributed by atoms with Crippen LogP contribution in [-0.2, 0) is 9.53 Å². The number of rotatable bonds is 5. The van der Waals surface area contributed by atoms with E-state index in [9.17, 15) is 4.79 Å². The van der Waals surface area contributed by atoms with E-state index in [4.69, 9.17) is 9.72 Å². The number of morpholine rings is 1. The third-order valence-electron chi connectivity index (χ3n) is 4.51. The van der Waals surface area contributed by atoms with Crippen LogP contribution in [0.15, 0.2) is 47.2 Å². The maximum absolute atomic E-state index is 12.1. The Morgan fingerprint density at radius 1 is 1.18 bits per heavy atom. The molecular weight excluding hydrogens is 390 g/mol. The van der Waals surface area contributed by atoms with Crippen molar-refractivity contribution in [1.29, 1.82) is 0 Å². The highest BCUT2D eigenvalue weighted by Gasteiger charge is 2.15. The highest BCUT2D eigenvalue weighted by molar-refractivity contribution is 7.14. The van der Waals surface area contributed by atoms with Gasteiger partial charge in [0.1, 0.15) is 0 Å². The van der Waals surface area contributed by atoms with Gasteiger partial charge in [-0.05, 0) is 42.1 Å². The average Bonchev–Trinajstić information content (AvgIpc) is 3.37. The summed E-state index contributed by atoms with van der Waals surface area (Å²) in [5, 5.41) is 8.03. The lowest BCUT2D eigenvalue weighted by Gasteiger charge is -2.26. The maximum Gasteiger partial charge on any atom is 0.248 e. The number of carbonyl (C=O) groups is 1. The van der Waals surface area contributed by atoms with Crippen molar-refractivity contribution in [1.82, 2.24) is 4.98 Å². The lowest BCUT2D eigenvalue weighted by atomic mass is 10.1. The first kappa shape index (κ1) is 18.9. The van der Waals surface area contributed by atoms with Crippen LogP contribution in [0.25, 0.3) is 17.3 Å². The van der Waals surface area contributed by atoms with Crippen LogP contribution >= 0.6 is 22.7 Å². The van der Waals surface area contributed by atoms with Gasteiger partial charge in [-0.3, -0.25) is 4.79 Å². The molecule has 144 valence electrons. The molecule has 1 aromatic carbocycles. The van der Waals surface area contributed by atoms with Gasteiger partial charge < -0.3 is 15.0 Å². The number of nitrogens with one attached hydrogen (secondary N) is 1. The van der Waals surface area contributed by atoms with E-state index in [0.717, 1.165) is 53.3 Å². The number of amides is 1. The molecule has 0 bridgehead atoms. The number of hydrogen-bond acceptors (Lipinski definition) is 6. The van der Waals surface area contributed by atoms with Gasteiger partial charge in [-0.1, -0.05) is 12.1 Å². The molecule has 1 fully saturated rings. The molecule has 0 radical (unpaired) electrons. The summed E-state index contributed by atoms with van der Waals surface area (Å²) in [5.74, 6) is -0.135. The molecule has 3 heterocycles. The second kappa shape index (κ2) is 8.68. The Balaban J connectivity index is 1.38. The molecule has 1 amide bonds. The largest absolute Gasteiger partial charge is 0.378 e. The first-order valence-electron chi connectivity index (χ1n) is 9.11. The molecule has 5 nitrogen and oxygen atoms in total. The fourth-order valence-electron chi connectivity index (χ4n) is 2.91. The number of ether oxygens (including phenoxy) is 1. The molecule has 7 heteroatoms. The maximum atomic E-state index is 12.1. The molecule has 0 atom stereocenters. The number of hydrogen-bond donors (Lipinski definition) is 1. The van der Waals surface area contributed by atoms with Crippen LogP contribution in [-0.4, -0.2) is 37.2 Å². The van der Waals surface area contributed by atoms with Gasteiger partial charge in [-0.25, -0.2) is 4.98 Å². The molecule has 28 heavy (non-hydrogen) atoms. The van der Waals surface area contributed by atoms with Gasteiger partial charge in [0.2, 0.25) is 5.91 Å². The third kappa shape index (κ3) is 4.49. The molecule has 1 aliphatic heterocycles. The zero-order chi connectivity index (χ0) is 19.3. The van der Waals surface area contributed by atoms with Crippen molar-refractivity contribution in [2.75, 3.05) is 36.5 Å². The molecular formula is C21H21N3O2S2. The third-order valence-corrected chi connectivity index (χ3v) is 6.40. The zero-order valence-corrected chi connectivity index (χ0v) is 17.2. The van der Waals surface area contributed by atoms with Crippen molar-refractivity contribution in [2.24, 2.45) is 0 Å². The van der Waals surface area contributed by atoms with E-state index in [1.165, 1.54) is 5.56 Å². The second-order valence-corrected chi connectivity index (χ2v) is 8.27. The van der Waals surface area contributed by atoms with Gasteiger partial charge in [-0.2, -0.15) is 0 Å². The Kier molecular flexibility index (Phi) is 5.85. The van der Waals surface area contributed by atoms with Crippen molar-refractivity contribution in [3.8, 4) is 11.3 Å². The van der Waals surface area contributed by atoms with E-state index in [0.29, 0.717) is 0 Å². The Bertz CT molecular complexity index is 970. The van der Waals surface area contributed by atoms with Gasteiger partial charge in [0.15, 0.2) is 5.13 Å². The zero-order valence-electron chi connectivity index (χ0n) is 15.6. The van der Waals surface area contributed by atoms with E-state index < -0.39 is 0 Å². The molecule has 1 N–H and O–H groups in total. The van der Waals surface area contributed by atoms with Crippen LogP contribution in [0.1, 0.15) is 10.4 Å². The van der Waals surface area contributed by atoms with Crippen molar-refractivity contribution in [2.45, 2.75) is 6.92 Å². The number of aryl methyl sites for hydroxylation is 1. The molecule has 1 saturated heterocycles. The SMILES string of the molecule is Cc1ccsc1/C=C/C(=O)Nc1ccc(-c2csc(N3CCOCC3)n2)cc1. The van der Waals surface area contributed by atoms with Gasteiger partial charge in [-0.15, -0.1) is 22.7 Å². The minimum atomic E-state index is -0.135. The van der Waals surface area contributed by atoms with Gasteiger partial charge in [0.25, 0.3) is 0 Å². The van der Waals surface area contributed by atoms with E-state index in [1.54, 1.807) is 28.7 Å². The Morgan fingerprint density at radius 2 is 1.96 bits per heavy atom. The fourth-order valence-corrected chi connectivity index (χ4v) is 4.62. The summed E-state index contributed by atoms with van der Waals surface area (Å²) in [6, 6.07) is 9.84. The molecule has 4 rings (SSSR count). The van der Waals surface area contributed by atoms with E-state index in [1.807, 2.05) is 48.7 Å². The van der Waals surface area contributed by atoms with Crippen LogP contribution in [0.4, 0.5) is 10.8 Å². The number of thiophene rings is 1. The van der Waals surface area contributed by atoms with Gasteiger partial charge >= 0.3 is 0 Å². The van der Waals surface area contributed by atoms with Crippen LogP contribution in [0.5, 0.6) is 0 Å². The minimum absolute atomic E-state index is 0.135. The Morgan fingerprint density at radius 3 is 2.68 bits per heavy atom. The Hall–Kier alpha value is -2.48. The fraction of sp³-hybridized carbons (Fsp3) is 0.238. The lowest BCUT2D eigenvalue weighted by Crippen LogP contribution is -2.36. The van der Waals surface area contributed by atoms with Crippen LogP contribution in [0.3, 0.4) is 0 Å². The summed E-state index contributed by atoms with van der Waals surface area (Å²) >= 11 is 3.28. The first-order valence-corrected chi connectivity index (χ1v) is 10.9. The van der Waals surface area contributed by atoms with Crippen molar-refractivity contribution in [3.63, 3.8) is 0 Å². The lowest BCUT2D eigenvalue weighted by molar-refractivity contribution is -0.111. The minimum Gasteiger partial charge on any atom is -0.378 e. The van der Waals surface area contributed by atoms with E-state index >= 15 is 0 Å². The summed E-state index contributed by atoms with van der Waals surface area (Å²) in [5.41, 5.74) is 3.94. The highest BCUT2D eigenvalue weighted by atomic mass is 32.1. The van der Waals surface area contributed by atoms with Crippen molar-refractivity contribution in [3.05, 3.63) is 57.6 Å². The molecule has 0 unspecified atom stereocenters. The first-order chi connectivity index (χ1) is 13.7. The normalized spacial score (nSPS) is 14.5.